The van der Waals surface area contributed by atoms with Crippen LogP contribution in [0.1, 0.15) is 32.0 Å². The van der Waals surface area contributed by atoms with Crippen LogP contribution in [0.3, 0.4) is 0 Å². The molecule has 3 aromatic rings. The van der Waals surface area contributed by atoms with Gasteiger partial charge in [0.1, 0.15) is 17.4 Å². The highest BCUT2D eigenvalue weighted by Crippen LogP contribution is 2.29. The molecule has 28 heavy (non-hydrogen) atoms. The van der Waals surface area contributed by atoms with Crippen molar-refractivity contribution >= 4 is 17.4 Å². The van der Waals surface area contributed by atoms with Crippen LogP contribution < -0.4 is 5.32 Å². The van der Waals surface area contributed by atoms with Crippen molar-refractivity contribution in [3.63, 3.8) is 0 Å². The minimum Gasteiger partial charge on any atom is -0.361 e. The average Bonchev–Trinajstić information content (AvgIpc) is 3.14. The average molecular weight is 376 g/mol. The van der Waals surface area contributed by atoms with E-state index in [1.165, 1.54) is 6.07 Å². The molecular formula is C21H21FN6. The van der Waals surface area contributed by atoms with Gasteiger partial charge in [0.15, 0.2) is 5.95 Å². The van der Waals surface area contributed by atoms with Crippen molar-refractivity contribution in [3.05, 3.63) is 60.1 Å². The number of nitrogens with zero attached hydrogens (tertiary/aromatic N) is 4. The van der Waals surface area contributed by atoms with E-state index in [-0.39, 0.29) is 16.7 Å². The Bertz CT molecular complexity index is 1100. The molecule has 3 heterocycles. The summed E-state index contributed by atoms with van der Waals surface area (Å²) in [5.74, 6) is -0.598. The van der Waals surface area contributed by atoms with Crippen molar-refractivity contribution < 1.29 is 4.39 Å². The summed E-state index contributed by atoms with van der Waals surface area (Å²) >= 11 is 0. The number of hydrogen-bond acceptors (Lipinski definition) is 5. The number of allylic oxidation sites excluding steroid dienone is 1. The summed E-state index contributed by atoms with van der Waals surface area (Å²) in [6.45, 7) is 6.39. The normalized spacial score (nSPS) is 12.4. The van der Waals surface area contributed by atoms with Crippen LogP contribution in [0, 0.1) is 22.2 Å². The highest BCUT2D eigenvalue weighted by Gasteiger charge is 2.18. The number of nitrogens with one attached hydrogen (secondary N) is 2. The van der Waals surface area contributed by atoms with Crippen molar-refractivity contribution in [3.8, 4) is 17.3 Å². The van der Waals surface area contributed by atoms with E-state index < -0.39 is 5.95 Å². The van der Waals surface area contributed by atoms with Gasteiger partial charge in [-0.1, -0.05) is 20.8 Å². The van der Waals surface area contributed by atoms with Crippen LogP contribution in [-0.2, 0) is 0 Å². The third-order valence-electron chi connectivity index (χ3n) is 4.13. The van der Waals surface area contributed by atoms with E-state index in [2.05, 4.69) is 15.3 Å². The Morgan fingerprint density at radius 3 is 2.79 bits per heavy atom. The van der Waals surface area contributed by atoms with Crippen LogP contribution >= 0.6 is 0 Å². The Balaban J connectivity index is 2.14. The largest absolute Gasteiger partial charge is 0.361 e. The van der Waals surface area contributed by atoms with Gasteiger partial charge < -0.3 is 15.1 Å². The lowest BCUT2D eigenvalue weighted by atomic mass is 9.96. The zero-order valence-electron chi connectivity index (χ0n) is 16.0. The molecule has 6 nitrogen and oxygen atoms in total. The monoisotopic (exact) mass is 376 g/mol. The second-order valence-electron chi connectivity index (χ2n) is 7.60. The highest BCUT2D eigenvalue weighted by molar-refractivity contribution is 6.11. The Labute approximate surface area is 162 Å². The van der Waals surface area contributed by atoms with Gasteiger partial charge in [-0.2, -0.15) is 9.65 Å². The van der Waals surface area contributed by atoms with Gasteiger partial charge in [0.05, 0.1) is 11.3 Å². The molecule has 0 fully saturated rings. The molecular weight excluding hydrogens is 355 g/mol. The second kappa shape index (κ2) is 7.61. The van der Waals surface area contributed by atoms with Crippen LogP contribution in [-0.4, -0.2) is 27.1 Å². The van der Waals surface area contributed by atoms with Gasteiger partial charge in [-0.25, -0.2) is 9.97 Å². The molecule has 0 aliphatic rings. The maximum absolute atomic E-state index is 14.9. The fraction of sp³-hybridized carbons (Fsp3) is 0.238. The van der Waals surface area contributed by atoms with Crippen LogP contribution in [0.4, 0.5) is 4.39 Å². The molecule has 0 amide bonds. The lowest BCUT2D eigenvalue weighted by Gasteiger charge is -2.19. The number of halogens is 1. The van der Waals surface area contributed by atoms with E-state index in [1.54, 1.807) is 12.3 Å². The molecule has 3 rings (SSSR count). The van der Waals surface area contributed by atoms with Crippen molar-refractivity contribution in [2.24, 2.45) is 5.41 Å². The molecule has 0 spiro atoms. The summed E-state index contributed by atoms with van der Waals surface area (Å²) < 4.78 is 16.7. The third-order valence-corrected chi connectivity index (χ3v) is 4.13. The first-order chi connectivity index (χ1) is 13.3. The fourth-order valence-corrected chi connectivity index (χ4v) is 2.71. The minimum atomic E-state index is -0.598. The predicted octanol–water partition coefficient (Wildman–Crippen LogP) is 4.19. The molecule has 0 saturated carbocycles. The molecule has 0 saturated heterocycles. The summed E-state index contributed by atoms with van der Waals surface area (Å²) in [5.41, 5.74) is 2.43. The quantitative estimate of drug-likeness (QED) is 0.516. The van der Waals surface area contributed by atoms with Gasteiger partial charge >= 0.3 is 0 Å². The minimum absolute atomic E-state index is 0.0828. The summed E-state index contributed by atoms with van der Waals surface area (Å²) in [6, 6.07) is 8.79. The van der Waals surface area contributed by atoms with Crippen LogP contribution in [0.15, 0.2) is 48.8 Å². The van der Waals surface area contributed by atoms with Crippen LogP contribution in [0.2, 0.25) is 0 Å². The van der Waals surface area contributed by atoms with Gasteiger partial charge in [0.2, 0.25) is 0 Å². The van der Waals surface area contributed by atoms with E-state index >= 15 is 0 Å². The molecule has 0 aromatic carbocycles. The molecule has 142 valence electrons. The number of imidazole rings is 1. The van der Waals surface area contributed by atoms with Gasteiger partial charge in [0, 0.05) is 42.5 Å². The van der Waals surface area contributed by atoms with E-state index in [0.717, 1.165) is 6.21 Å². The third kappa shape index (κ3) is 4.07. The van der Waals surface area contributed by atoms with Crippen molar-refractivity contribution in [2.45, 2.75) is 20.8 Å². The number of pyridine rings is 2. The molecule has 3 aromatic heterocycles. The van der Waals surface area contributed by atoms with Crippen molar-refractivity contribution in [1.82, 2.24) is 19.7 Å². The number of fused-ring (bicyclic) bond motifs is 1. The Morgan fingerprint density at radius 2 is 2.11 bits per heavy atom. The Kier molecular flexibility index (Phi) is 5.23. The Hall–Kier alpha value is -3.53. The smallest absolute Gasteiger partial charge is 0.196 e. The SMILES string of the molecule is CC(C)(C)CN/C(F)=C(\C=N)c1ccc(C#N)nc1-c1ccn2ccnc2c1. The maximum Gasteiger partial charge on any atom is 0.196 e. The lowest BCUT2D eigenvalue weighted by Crippen LogP contribution is -2.25. The summed E-state index contributed by atoms with van der Waals surface area (Å²) in [4.78, 5) is 8.64. The molecule has 0 atom stereocenters. The topological polar surface area (TPSA) is 89.9 Å². The molecule has 7 heteroatoms. The molecule has 0 unspecified atom stereocenters. The zero-order valence-corrected chi connectivity index (χ0v) is 16.0. The lowest BCUT2D eigenvalue weighted by molar-refractivity contribution is 0.374. The Morgan fingerprint density at radius 1 is 1.32 bits per heavy atom. The van der Waals surface area contributed by atoms with Crippen molar-refractivity contribution in [1.29, 1.82) is 10.7 Å². The molecule has 0 radical (unpaired) electrons. The van der Waals surface area contributed by atoms with Gasteiger partial charge in [-0.15, -0.1) is 0 Å². The molecule has 0 aliphatic heterocycles. The van der Waals surface area contributed by atoms with Gasteiger partial charge in [-0.05, 0) is 29.7 Å². The summed E-state index contributed by atoms with van der Waals surface area (Å²) in [5, 5.41) is 19.8. The van der Waals surface area contributed by atoms with E-state index in [9.17, 15) is 9.65 Å². The number of aromatic nitrogens is 3. The highest BCUT2D eigenvalue weighted by atomic mass is 19.1. The number of hydrogen-bond donors (Lipinski definition) is 2. The summed E-state index contributed by atoms with van der Waals surface area (Å²) in [6.07, 6.45) is 6.28. The molecule has 2 N–H and O–H groups in total. The number of nitriles is 1. The van der Waals surface area contributed by atoms with Crippen LogP contribution in [0.5, 0.6) is 0 Å². The standard InChI is InChI=1S/C21H21FN6/c1-21(2,3)13-26-20(22)17(12-24)16-5-4-15(11-23)27-19(16)14-6-8-28-9-7-25-18(28)10-14/h4-10,12,24,26H,13H2,1-3H3/b20-17+,24-12?. The molecule has 0 bridgehead atoms. The maximum atomic E-state index is 14.9. The molecule has 0 aliphatic carbocycles. The van der Waals surface area contributed by atoms with E-state index in [0.29, 0.717) is 29.0 Å². The van der Waals surface area contributed by atoms with Gasteiger partial charge in [0.25, 0.3) is 0 Å². The van der Waals surface area contributed by atoms with E-state index in [4.69, 9.17) is 5.41 Å². The first-order valence-corrected chi connectivity index (χ1v) is 8.81. The first kappa shape index (κ1) is 19.2. The first-order valence-electron chi connectivity index (χ1n) is 8.81. The van der Waals surface area contributed by atoms with E-state index in [1.807, 2.05) is 55.8 Å². The fourth-order valence-electron chi connectivity index (χ4n) is 2.71. The predicted molar refractivity (Wildman–Crippen MR) is 107 cm³/mol. The van der Waals surface area contributed by atoms with Crippen LogP contribution in [0.25, 0.3) is 22.5 Å². The zero-order chi connectivity index (χ0) is 20.3. The van der Waals surface area contributed by atoms with Gasteiger partial charge in [-0.3, -0.25) is 0 Å². The second-order valence-corrected chi connectivity index (χ2v) is 7.60. The summed E-state index contributed by atoms with van der Waals surface area (Å²) in [7, 11) is 0. The van der Waals surface area contributed by atoms with Crippen molar-refractivity contribution in [2.75, 3.05) is 6.54 Å². The number of rotatable bonds is 5.